The van der Waals surface area contributed by atoms with Crippen molar-refractivity contribution in [2.75, 3.05) is 31.6 Å². The molecule has 1 aromatic carbocycles. The number of carboxylic acids is 1. The molecule has 1 saturated carbocycles. The zero-order valence-electron chi connectivity index (χ0n) is 23.5. The van der Waals surface area contributed by atoms with Gasteiger partial charge in [-0.15, -0.1) is 0 Å². The van der Waals surface area contributed by atoms with Gasteiger partial charge in [0.15, 0.2) is 0 Å². The number of likely N-dealkylation sites (tertiary alicyclic amines) is 1. The Labute approximate surface area is 244 Å². The molecule has 0 spiro atoms. The van der Waals surface area contributed by atoms with Gasteiger partial charge in [0.2, 0.25) is 17.7 Å². The highest BCUT2D eigenvalue weighted by atomic mass is 33.1. The van der Waals surface area contributed by atoms with Crippen LogP contribution in [0, 0.1) is 5.41 Å². The molecule has 4 atom stereocenters. The molecule has 1 aromatic rings. The number of carbonyl (C=O) groups excluding carboxylic acids is 3. The van der Waals surface area contributed by atoms with E-state index in [1.165, 1.54) is 21.6 Å². The first kappa shape index (κ1) is 32.1. The van der Waals surface area contributed by atoms with Gasteiger partial charge in [-0.25, -0.2) is 4.79 Å². The lowest BCUT2D eigenvalue weighted by Crippen LogP contribution is -2.53. The second kappa shape index (κ2) is 15.0. The van der Waals surface area contributed by atoms with Crippen molar-refractivity contribution in [3.8, 4) is 5.75 Å². The number of carbonyl (C=O) groups is 4. The molecule has 0 radical (unpaired) electrons. The summed E-state index contributed by atoms with van der Waals surface area (Å²) in [5.41, 5.74) is 0.411. The van der Waals surface area contributed by atoms with Gasteiger partial charge in [-0.05, 0) is 57.5 Å². The maximum absolute atomic E-state index is 13.4. The fraction of sp³-hybridized carbons (Fsp3) is 0.643. The largest absolute Gasteiger partial charge is 0.508 e. The van der Waals surface area contributed by atoms with Crippen molar-refractivity contribution >= 4 is 45.3 Å². The van der Waals surface area contributed by atoms with E-state index in [0.29, 0.717) is 6.54 Å². The average molecular weight is 595 g/mol. The second-order valence-electron chi connectivity index (χ2n) is 10.9. The van der Waals surface area contributed by atoms with Crippen LogP contribution in [0.3, 0.4) is 0 Å². The van der Waals surface area contributed by atoms with Crippen LogP contribution < -0.4 is 16.0 Å². The van der Waals surface area contributed by atoms with Crippen LogP contribution in [-0.2, 0) is 19.2 Å². The zero-order chi connectivity index (χ0) is 29.3. The lowest BCUT2D eigenvalue weighted by molar-refractivity contribution is -0.143. The van der Waals surface area contributed by atoms with Crippen LogP contribution in [0.4, 0.5) is 0 Å². The third-order valence-electron chi connectivity index (χ3n) is 7.88. The molecule has 3 rings (SSSR count). The molecule has 1 heterocycles. The number of amides is 3. The Morgan fingerprint density at radius 1 is 1.02 bits per heavy atom. The van der Waals surface area contributed by atoms with E-state index in [2.05, 4.69) is 16.0 Å². The third-order valence-corrected chi connectivity index (χ3v) is 10.3. The lowest BCUT2D eigenvalue weighted by atomic mass is 9.75. The van der Waals surface area contributed by atoms with Gasteiger partial charge in [0.05, 0.1) is 6.04 Å². The summed E-state index contributed by atoms with van der Waals surface area (Å²) in [6, 6.07) is 4.54. The highest BCUT2D eigenvalue weighted by Gasteiger charge is 2.40. The zero-order valence-corrected chi connectivity index (χ0v) is 25.1. The minimum atomic E-state index is -1.10. The van der Waals surface area contributed by atoms with Crippen molar-refractivity contribution in [2.45, 2.75) is 76.4 Å². The summed E-state index contributed by atoms with van der Waals surface area (Å²) in [6.45, 7) is 4.84. The van der Waals surface area contributed by atoms with Crippen LogP contribution >= 0.6 is 21.6 Å². The third kappa shape index (κ3) is 8.53. The molecule has 10 nitrogen and oxygen atoms in total. The second-order valence-corrected chi connectivity index (χ2v) is 13.5. The fourth-order valence-electron chi connectivity index (χ4n) is 5.44. The molecular formula is C28H42N4O6S2. The fourth-order valence-corrected chi connectivity index (χ4v) is 7.76. The molecule has 40 heavy (non-hydrogen) atoms. The molecule has 5 N–H and O–H groups in total. The Morgan fingerprint density at radius 2 is 1.65 bits per heavy atom. The van der Waals surface area contributed by atoms with Crippen molar-refractivity contribution in [3.63, 3.8) is 0 Å². The Morgan fingerprint density at radius 3 is 2.25 bits per heavy atom. The number of aliphatic carboxylic acids is 1. The van der Waals surface area contributed by atoms with Gasteiger partial charge in [-0.1, -0.05) is 59.9 Å². The number of nitrogens with one attached hydrogen (secondary N) is 3. The van der Waals surface area contributed by atoms with Gasteiger partial charge in [0, 0.05) is 29.4 Å². The summed E-state index contributed by atoms with van der Waals surface area (Å²) in [6.07, 6.45) is 5.30. The molecule has 3 amide bonds. The monoisotopic (exact) mass is 594 g/mol. The van der Waals surface area contributed by atoms with E-state index in [9.17, 15) is 29.4 Å². The van der Waals surface area contributed by atoms with Crippen molar-refractivity contribution in [2.24, 2.45) is 5.41 Å². The number of nitrogens with zero attached hydrogens (tertiary/aromatic N) is 1. The number of phenols is 1. The smallest absolute Gasteiger partial charge is 0.327 e. The molecule has 0 aromatic heterocycles. The van der Waals surface area contributed by atoms with Crippen LogP contribution in [0.2, 0.25) is 0 Å². The number of phenolic OH excluding ortho intramolecular Hbond substituents is 1. The Hall–Kier alpha value is -2.44. The van der Waals surface area contributed by atoms with Gasteiger partial charge < -0.3 is 26.2 Å². The van der Waals surface area contributed by atoms with E-state index >= 15 is 0 Å². The topological polar surface area (TPSA) is 148 Å². The van der Waals surface area contributed by atoms with E-state index in [4.69, 9.17) is 0 Å². The standard InChI is InChI=1S/C28H42N4O6S2/c1-4-29-24(34)21(30-25(35)23-20(12-15-32(23)3)18-8-10-19(33)11-9-18)16-39-40-17-22(26(36)37)31-27(38)28(2)13-6-5-7-14-28/h8-11,20-23,33H,4-7,12-17H2,1-3H3,(H,29,34)(H,30,35)(H,31,38)(H,36,37)/t20?,21-,22-,23-/m0/s1. The number of rotatable bonds is 13. The maximum atomic E-state index is 13.4. The van der Waals surface area contributed by atoms with Gasteiger partial charge in [-0.3, -0.25) is 19.3 Å². The molecule has 2 aliphatic rings. The predicted molar refractivity (Wildman–Crippen MR) is 158 cm³/mol. The van der Waals surface area contributed by atoms with Gasteiger partial charge in [0.25, 0.3) is 0 Å². The van der Waals surface area contributed by atoms with Gasteiger partial charge in [-0.2, -0.15) is 0 Å². The van der Waals surface area contributed by atoms with Crippen LogP contribution in [0.25, 0.3) is 0 Å². The molecule has 222 valence electrons. The van der Waals surface area contributed by atoms with Gasteiger partial charge >= 0.3 is 5.97 Å². The summed E-state index contributed by atoms with van der Waals surface area (Å²) in [4.78, 5) is 52.9. The molecule has 1 aliphatic carbocycles. The summed E-state index contributed by atoms with van der Waals surface area (Å²) < 4.78 is 0. The van der Waals surface area contributed by atoms with Gasteiger partial charge in [0.1, 0.15) is 17.8 Å². The van der Waals surface area contributed by atoms with E-state index in [-0.39, 0.29) is 40.9 Å². The number of benzene rings is 1. The number of hydrogen-bond acceptors (Lipinski definition) is 8. The normalized spacial score (nSPS) is 22.2. The molecular weight excluding hydrogens is 552 g/mol. The summed E-state index contributed by atoms with van der Waals surface area (Å²) >= 11 is 0. The Kier molecular flexibility index (Phi) is 12.0. The first-order chi connectivity index (χ1) is 19.1. The summed E-state index contributed by atoms with van der Waals surface area (Å²) in [7, 11) is 4.43. The molecule has 1 aliphatic heterocycles. The molecule has 1 saturated heterocycles. The van der Waals surface area contributed by atoms with Crippen LogP contribution in [-0.4, -0.2) is 88.6 Å². The Bertz CT molecular complexity index is 1030. The minimum Gasteiger partial charge on any atom is -0.508 e. The first-order valence-electron chi connectivity index (χ1n) is 13.9. The number of carboxylic acid groups (broad SMARTS) is 1. The van der Waals surface area contributed by atoms with E-state index in [1.807, 2.05) is 31.0 Å². The SMILES string of the molecule is CCNC(=O)[C@H](CSSC[C@H](NC(=O)C1(C)CCCCC1)C(=O)O)NC(=O)[C@@H]1C(c2ccc(O)cc2)CCN1C. The lowest BCUT2D eigenvalue weighted by Gasteiger charge is -2.33. The van der Waals surface area contributed by atoms with Crippen LogP contribution in [0.1, 0.15) is 63.9 Å². The number of hydrogen-bond donors (Lipinski definition) is 5. The number of aromatic hydroxyl groups is 1. The molecule has 0 bridgehead atoms. The highest BCUT2D eigenvalue weighted by Crippen LogP contribution is 2.36. The van der Waals surface area contributed by atoms with E-state index in [0.717, 1.165) is 50.6 Å². The van der Waals surface area contributed by atoms with Crippen molar-refractivity contribution in [1.29, 1.82) is 0 Å². The first-order valence-corrected chi connectivity index (χ1v) is 16.4. The van der Waals surface area contributed by atoms with Crippen LogP contribution in [0.5, 0.6) is 5.75 Å². The van der Waals surface area contributed by atoms with Crippen molar-refractivity contribution < 1.29 is 29.4 Å². The van der Waals surface area contributed by atoms with E-state index < -0.39 is 29.5 Å². The number of likely N-dealkylation sites (N-methyl/N-ethyl adjacent to an activating group) is 2. The quantitative estimate of drug-likeness (QED) is 0.172. The van der Waals surface area contributed by atoms with Crippen LogP contribution in [0.15, 0.2) is 24.3 Å². The highest BCUT2D eigenvalue weighted by molar-refractivity contribution is 8.76. The maximum Gasteiger partial charge on any atom is 0.327 e. The van der Waals surface area contributed by atoms with Crippen molar-refractivity contribution in [3.05, 3.63) is 29.8 Å². The predicted octanol–water partition coefficient (Wildman–Crippen LogP) is 2.72. The minimum absolute atomic E-state index is 0.0755. The summed E-state index contributed by atoms with van der Waals surface area (Å²) in [5.74, 6) is -1.42. The Balaban J connectivity index is 1.58. The van der Waals surface area contributed by atoms with Crippen molar-refractivity contribution in [1.82, 2.24) is 20.9 Å². The molecule has 1 unspecified atom stereocenters. The molecule has 12 heteroatoms. The van der Waals surface area contributed by atoms with E-state index in [1.54, 1.807) is 19.1 Å². The average Bonchev–Trinajstić information content (AvgIpc) is 3.31. The summed E-state index contributed by atoms with van der Waals surface area (Å²) in [5, 5.41) is 27.7. The molecule has 2 fully saturated rings.